The van der Waals surface area contributed by atoms with Gasteiger partial charge in [0.1, 0.15) is 5.82 Å². The normalized spacial score (nSPS) is 22.2. The average molecular weight is 388 g/mol. The quantitative estimate of drug-likeness (QED) is 0.822. The number of pyridine rings is 1. The number of piperidine rings is 1. The van der Waals surface area contributed by atoms with Crippen LogP contribution in [0.15, 0.2) is 24.8 Å². The Morgan fingerprint density at radius 2 is 2.04 bits per heavy atom. The molecule has 2 aliphatic rings. The van der Waals surface area contributed by atoms with Crippen molar-refractivity contribution < 1.29 is 18.7 Å². The summed E-state index contributed by atoms with van der Waals surface area (Å²) in [6, 6.07) is 5.33. The van der Waals surface area contributed by atoms with Crippen LogP contribution >= 0.6 is 0 Å². The van der Waals surface area contributed by atoms with Crippen molar-refractivity contribution >= 4 is 17.5 Å². The molecule has 1 saturated heterocycles. The zero-order valence-corrected chi connectivity index (χ0v) is 15.8. The highest BCUT2D eigenvalue weighted by molar-refractivity contribution is 5.87. The van der Waals surface area contributed by atoms with Gasteiger partial charge in [0.15, 0.2) is 5.69 Å². The van der Waals surface area contributed by atoms with Gasteiger partial charge in [-0.2, -0.15) is 5.10 Å². The zero-order valence-electron chi connectivity index (χ0n) is 15.8. The molecule has 1 aliphatic carbocycles. The van der Waals surface area contributed by atoms with E-state index >= 15 is 0 Å². The number of carboxylic acids is 1. The smallest absolute Gasteiger partial charge is 0.354 e. The van der Waals surface area contributed by atoms with Gasteiger partial charge in [0, 0.05) is 30.9 Å². The van der Waals surface area contributed by atoms with Gasteiger partial charge in [0.2, 0.25) is 0 Å². The molecule has 4 rings (SSSR count). The molecule has 6 nitrogen and oxygen atoms in total. The lowest BCUT2D eigenvalue weighted by Crippen LogP contribution is -2.28. The monoisotopic (exact) mass is 388 g/mol. The van der Waals surface area contributed by atoms with Gasteiger partial charge < -0.3 is 10.0 Å². The zero-order chi connectivity index (χ0) is 20.2. The maximum Gasteiger partial charge on any atom is 0.354 e. The summed E-state index contributed by atoms with van der Waals surface area (Å²) in [5, 5.41) is 13.7. The minimum absolute atomic E-state index is 0.0716. The summed E-state index contributed by atoms with van der Waals surface area (Å²) < 4.78 is 28.2. The van der Waals surface area contributed by atoms with Crippen LogP contribution in [0.2, 0.25) is 0 Å². The van der Waals surface area contributed by atoms with Gasteiger partial charge in [-0.25, -0.2) is 23.2 Å². The fourth-order valence-electron chi connectivity index (χ4n) is 4.01. The molecule has 0 radical (unpaired) electrons. The first-order chi connectivity index (χ1) is 13.2. The molecule has 2 aromatic heterocycles. The van der Waals surface area contributed by atoms with Crippen molar-refractivity contribution in [1.82, 2.24) is 14.8 Å². The number of aromatic nitrogens is 3. The average Bonchev–Trinajstić information content (AvgIpc) is 3.09. The Balaban J connectivity index is 1.55. The number of rotatable bonds is 6. The molecule has 2 aromatic rings. The van der Waals surface area contributed by atoms with E-state index in [2.05, 4.69) is 16.7 Å². The summed E-state index contributed by atoms with van der Waals surface area (Å²) in [6.07, 6.45) is 1.13. The minimum Gasteiger partial charge on any atom is -0.477 e. The predicted molar refractivity (Wildman–Crippen MR) is 101 cm³/mol. The van der Waals surface area contributed by atoms with Crippen LogP contribution in [-0.2, 0) is 12.8 Å². The van der Waals surface area contributed by atoms with Crippen LogP contribution in [0.25, 0.3) is 5.70 Å². The first-order valence-corrected chi connectivity index (χ1v) is 9.32. The van der Waals surface area contributed by atoms with Crippen LogP contribution in [-0.4, -0.2) is 44.9 Å². The van der Waals surface area contributed by atoms with Crippen molar-refractivity contribution in [3.8, 4) is 0 Å². The number of fused-ring (bicyclic) bond motifs is 1. The van der Waals surface area contributed by atoms with Gasteiger partial charge in [-0.15, -0.1) is 0 Å². The highest BCUT2D eigenvalue weighted by atomic mass is 19.3. The SMILES string of the molecule is C=C(C)n1nc(Cc2ccc(N3CC4C(C3)C4(F)F)nc2CC)cc1C(=O)O. The number of hydrogen-bond donors (Lipinski definition) is 1. The summed E-state index contributed by atoms with van der Waals surface area (Å²) in [6.45, 7) is 8.14. The first-order valence-electron chi connectivity index (χ1n) is 9.32. The molecular formula is C20H22F2N4O2. The number of aryl methyl sites for hydroxylation is 1. The van der Waals surface area contributed by atoms with Gasteiger partial charge in [-0.1, -0.05) is 19.6 Å². The van der Waals surface area contributed by atoms with Crippen LogP contribution in [0.4, 0.5) is 14.6 Å². The number of anilines is 1. The molecule has 148 valence electrons. The fourth-order valence-corrected chi connectivity index (χ4v) is 4.01. The highest BCUT2D eigenvalue weighted by Crippen LogP contribution is 2.59. The number of allylic oxidation sites excluding steroid dienone is 1. The Hall–Kier alpha value is -2.77. The molecule has 0 aromatic carbocycles. The van der Waals surface area contributed by atoms with Crippen molar-refractivity contribution in [2.24, 2.45) is 11.8 Å². The van der Waals surface area contributed by atoms with E-state index in [1.165, 1.54) is 4.68 Å². The molecule has 1 aliphatic heterocycles. The third-order valence-electron chi connectivity index (χ3n) is 5.62. The maximum atomic E-state index is 13.4. The molecular weight excluding hydrogens is 366 g/mol. The van der Waals surface area contributed by atoms with Crippen LogP contribution in [0.1, 0.15) is 41.3 Å². The van der Waals surface area contributed by atoms with E-state index in [9.17, 15) is 18.7 Å². The standard InChI is InChI=1S/C20H22F2N4O2/c1-4-16-12(7-13-8-17(19(27)28)26(24-13)11(2)3)5-6-18(23-16)25-9-14-15(10-25)20(14,21)22/h5-6,8,14-15H,2,4,7,9-10H2,1,3H3,(H,27,28). The van der Waals surface area contributed by atoms with E-state index in [-0.39, 0.29) is 5.69 Å². The number of aromatic carboxylic acids is 1. The Morgan fingerprint density at radius 3 is 2.57 bits per heavy atom. The maximum absolute atomic E-state index is 13.4. The topological polar surface area (TPSA) is 71.2 Å². The van der Waals surface area contributed by atoms with E-state index in [0.29, 0.717) is 37.3 Å². The summed E-state index contributed by atoms with van der Waals surface area (Å²) in [5.74, 6) is -3.93. The molecule has 0 amide bonds. The lowest BCUT2D eigenvalue weighted by Gasteiger charge is -2.22. The van der Waals surface area contributed by atoms with E-state index in [1.54, 1.807) is 13.0 Å². The van der Waals surface area contributed by atoms with E-state index in [0.717, 1.165) is 17.1 Å². The molecule has 0 bridgehead atoms. The fraction of sp³-hybridized carbons (Fsp3) is 0.450. The number of nitrogens with zero attached hydrogens (tertiary/aromatic N) is 4. The Bertz CT molecular complexity index is 924. The van der Waals surface area contributed by atoms with E-state index in [4.69, 9.17) is 0 Å². The van der Waals surface area contributed by atoms with Gasteiger partial charge in [0.05, 0.1) is 17.5 Å². The van der Waals surface area contributed by atoms with Crippen molar-refractivity contribution in [2.75, 3.05) is 18.0 Å². The van der Waals surface area contributed by atoms with Crippen LogP contribution in [0, 0.1) is 11.8 Å². The first kappa shape index (κ1) is 18.6. The lowest BCUT2D eigenvalue weighted by atomic mass is 10.1. The Morgan fingerprint density at radius 1 is 1.36 bits per heavy atom. The Labute approximate surface area is 161 Å². The van der Waals surface area contributed by atoms with Crippen LogP contribution < -0.4 is 4.90 Å². The van der Waals surface area contributed by atoms with Crippen LogP contribution in [0.5, 0.6) is 0 Å². The number of hydrogen-bond acceptors (Lipinski definition) is 4. The molecule has 2 fully saturated rings. The predicted octanol–water partition coefficient (Wildman–Crippen LogP) is 3.32. The third-order valence-corrected chi connectivity index (χ3v) is 5.62. The number of carbonyl (C=O) groups is 1. The Kier molecular flexibility index (Phi) is 4.24. The largest absolute Gasteiger partial charge is 0.477 e. The molecule has 8 heteroatoms. The second kappa shape index (κ2) is 6.39. The second-order valence-electron chi connectivity index (χ2n) is 7.57. The molecule has 1 N–H and O–H groups in total. The molecule has 3 heterocycles. The second-order valence-corrected chi connectivity index (χ2v) is 7.57. The molecule has 1 saturated carbocycles. The van der Waals surface area contributed by atoms with Crippen LogP contribution in [0.3, 0.4) is 0 Å². The summed E-state index contributed by atoms with van der Waals surface area (Å²) in [4.78, 5) is 18.0. The van der Waals surface area contributed by atoms with Crippen molar-refractivity contribution in [3.05, 3.63) is 47.4 Å². The van der Waals surface area contributed by atoms with E-state index < -0.39 is 23.7 Å². The number of halogens is 2. The number of alkyl halides is 2. The van der Waals surface area contributed by atoms with Gasteiger partial charge in [-0.3, -0.25) is 0 Å². The summed E-state index contributed by atoms with van der Waals surface area (Å²) >= 11 is 0. The highest BCUT2D eigenvalue weighted by Gasteiger charge is 2.71. The summed E-state index contributed by atoms with van der Waals surface area (Å²) in [5.41, 5.74) is 3.03. The van der Waals surface area contributed by atoms with Gasteiger partial charge >= 0.3 is 5.97 Å². The number of carboxylic acid groups (broad SMARTS) is 1. The minimum atomic E-state index is -2.51. The van der Waals surface area contributed by atoms with Crippen molar-refractivity contribution in [1.29, 1.82) is 0 Å². The van der Waals surface area contributed by atoms with Gasteiger partial charge in [-0.05, 0) is 31.0 Å². The molecule has 28 heavy (non-hydrogen) atoms. The van der Waals surface area contributed by atoms with Gasteiger partial charge in [0.25, 0.3) is 5.92 Å². The third kappa shape index (κ3) is 2.96. The van der Waals surface area contributed by atoms with E-state index in [1.807, 2.05) is 24.0 Å². The molecule has 2 unspecified atom stereocenters. The van der Waals surface area contributed by atoms with Crippen molar-refractivity contribution in [2.45, 2.75) is 32.6 Å². The lowest BCUT2D eigenvalue weighted by molar-refractivity contribution is 0.0686. The molecule has 0 spiro atoms. The van der Waals surface area contributed by atoms with Crippen molar-refractivity contribution in [3.63, 3.8) is 0 Å². The molecule has 2 atom stereocenters. The summed E-state index contributed by atoms with van der Waals surface area (Å²) in [7, 11) is 0.